The van der Waals surface area contributed by atoms with E-state index in [4.69, 9.17) is 0 Å². The molecule has 1 unspecified atom stereocenters. The van der Waals surface area contributed by atoms with Crippen LogP contribution in [0.3, 0.4) is 0 Å². The van der Waals surface area contributed by atoms with Crippen LogP contribution in [-0.4, -0.2) is 78.9 Å². The van der Waals surface area contributed by atoms with Crippen LogP contribution in [0.25, 0.3) is 0 Å². The standard InChI is InChI=1S/C22H35N5O7/c1-4-15-10-21(33)27(22(15)34)9-5-6-17(29)24-12-19(31)26-13-20(32)25-11-18(30)23-8-7-16(28)14(2)3/h14-15H,4-13H2,1-3H3,(H,23,30)(H,24,29)(H,25,32)(H,26,31). The molecule has 0 aromatic rings. The molecule has 0 aliphatic carbocycles. The van der Waals surface area contributed by atoms with E-state index in [1.807, 2.05) is 6.92 Å². The molecule has 6 amide bonds. The van der Waals surface area contributed by atoms with Gasteiger partial charge in [-0.15, -0.1) is 0 Å². The van der Waals surface area contributed by atoms with E-state index in [0.717, 1.165) is 0 Å². The average molecular weight is 482 g/mol. The number of nitrogens with one attached hydrogen (secondary N) is 4. The molecule has 1 aliphatic rings. The Labute approximate surface area is 198 Å². The number of amides is 6. The van der Waals surface area contributed by atoms with Gasteiger partial charge in [-0.1, -0.05) is 20.8 Å². The summed E-state index contributed by atoms with van der Waals surface area (Å²) >= 11 is 0. The maximum Gasteiger partial charge on any atom is 0.239 e. The number of carbonyl (C=O) groups is 7. The van der Waals surface area contributed by atoms with Crippen molar-refractivity contribution in [3.63, 3.8) is 0 Å². The highest BCUT2D eigenvalue weighted by Gasteiger charge is 2.36. The van der Waals surface area contributed by atoms with Crippen LogP contribution in [0.2, 0.25) is 0 Å². The number of Topliss-reactive ketones (excluding diaryl/α,β-unsaturated/α-hetero) is 1. The molecule has 1 aliphatic heterocycles. The van der Waals surface area contributed by atoms with Gasteiger partial charge in [-0.25, -0.2) is 0 Å². The van der Waals surface area contributed by atoms with E-state index in [1.54, 1.807) is 13.8 Å². The van der Waals surface area contributed by atoms with Crippen LogP contribution < -0.4 is 21.3 Å². The largest absolute Gasteiger partial charge is 0.354 e. The van der Waals surface area contributed by atoms with Crippen molar-refractivity contribution in [1.29, 1.82) is 0 Å². The number of hydrogen-bond donors (Lipinski definition) is 4. The van der Waals surface area contributed by atoms with E-state index in [2.05, 4.69) is 21.3 Å². The van der Waals surface area contributed by atoms with E-state index in [-0.39, 0.29) is 87.8 Å². The van der Waals surface area contributed by atoms with Gasteiger partial charge in [0.2, 0.25) is 35.4 Å². The Hall–Kier alpha value is -3.31. The Morgan fingerprint density at radius 3 is 1.88 bits per heavy atom. The first-order valence-electron chi connectivity index (χ1n) is 11.5. The zero-order chi connectivity index (χ0) is 25.7. The fourth-order valence-electron chi connectivity index (χ4n) is 3.13. The Morgan fingerprint density at radius 1 is 0.853 bits per heavy atom. The first kappa shape index (κ1) is 28.7. The monoisotopic (exact) mass is 481 g/mol. The Morgan fingerprint density at radius 2 is 1.38 bits per heavy atom. The summed E-state index contributed by atoms with van der Waals surface area (Å²) in [6.07, 6.45) is 1.35. The SMILES string of the molecule is CCC1CC(=O)N(CCCC(=O)NCC(=O)NCC(=O)NCC(=O)NCCC(=O)C(C)C)C1=O. The topological polar surface area (TPSA) is 171 Å². The van der Waals surface area contributed by atoms with Crippen molar-refractivity contribution in [2.24, 2.45) is 11.8 Å². The van der Waals surface area contributed by atoms with E-state index in [9.17, 15) is 33.6 Å². The van der Waals surface area contributed by atoms with E-state index < -0.39 is 23.6 Å². The molecular formula is C22H35N5O7. The lowest BCUT2D eigenvalue weighted by atomic mass is 10.1. The number of carbonyl (C=O) groups excluding carboxylic acids is 7. The lowest BCUT2D eigenvalue weighted by molar-refractivity contribution is -0.140. The van der Waals surface area contributed by atoms with Crippen LogP contribution in [-0.2, 0) is 33.6 Å². The molecular weight excluding hydrogens is 446 g/mol. The number of ketones is 1. The minimum Gasteiger partial charge on any atom is -0.354 e. The predicted octanol–water partition coefficient (Wildman–Crippen LogP) is -1.37. The van der Waals surface area contributed by atoms with Crippen molar-refractivity contribution in [2.75, 3.05) is 32.7 Å². The van der Waals surface area contributed by atoms with Gasteiger partial charge in [0, 0.05) is 44.2 Å². The van der Waals surface area contributed by atoms with E-state index >= 15 is 0 Å². The molecule has 1 heterocycles. The lowest BCUT2D eigenvalue weighted by Gasteiger charge is -2.14. The number of likely N-dealkylation sites (tertiary alicyclic amines) is 1. The molecule has 0 aromatic heterocycles. The van der Waals surface area contributed by atoms with Crippen LogP contribution in [0.1, 0.15) is 52.9 Å². The minimum atomic E-state index is -0.587. The summed E-state index contributed by atoms with van der Waals surface area (Å²) in [6.45, 7) is 4.74. The van der Waals surface area contributed by atoms with Gasteiger partial charge in [-0.2, -0.15) is 0 Å². The molecule has 1 fully saturated rings. The molecule has 0 radical (unpaired) electrons. The maximum atomic E-state index is 12.0. The lowest BCUT2D eigenvalue weighted by Crippen LogP contribution is -2.44. The molecule has 0 bridgehead atoms. The molecule has 1 atom stereocenters. The van der Waals surface area contributed by atoms with Crippen LogP contribution in [0.4, 0.5) is 0 Å². The second kappa shape index (κ2) is 14.8. The quantitative estimate of drug-likeness (QED) is 0.209. The third kappa shape index (κ3) is 10.5. The first-order valence-corrected chi connectivity index (χ1v) is 11.5. The molecule has 0 spiro atoms. The molecule has 0 saturated carbocycles. The van der Waals surface area contributed by atoms with Gasteiger partial charge in [-0.05, 0) is 12.8 Å². The molecule has 12 heteroatoms. The number of nitrogens with zero attached hydrogens (tertiary/aromatic N) is 1. The van der Waals surface area contributed by atoms with Crippen LogP contribution in [0.5, 0.6) is 0 Å². The number of hydrogen-bond acceptors (Lipinski definition) is 7. The Bertz CT molecular complexity index is 797. The van der Waals surface area contributed by atoms with Crippen molar-refractivity contribution >= 4 is 41.2 Å². The van der Waals surface area contributed by atoms with Crippen molar-refractivity contribution in [3.05, 3.63) is 0 Å². The molecule has 0 aromatic carbocycles. The van der Waals surface area contributed by atoms with E-state index in [1.165, 1.54) is 4.90 Å². The molecule has 4 N–H and O–H groups in total. The fraction of sp³-hybridized carbons (Fsp3) is 0.682. The molecule has 34 heavy (non-hydrogen) atoms. The van der Waals surface area contributed by atoms with Gasteiger partial charge in [-0.3, -0.25) is 38.5 Å². The van der Waals surface area contributed by atoms with Crippen LogP contribution >= 0.6 is 0 Å². The Balaban J connectivity index is 2.12. The summed E-state index contributed by atoms with van der Waals surface area (Å²) in [5.74, 6) is -2.83. The van der Waals surface area contributed by atoms with Gasteiger partial charge < -0.3 is 21.3 Å². The predicted molar refractivity (Wildman–Crippen MR) is 121 cm³/mol. The molecule has 190 valence electrons. The summed E-state index contributed by atoms with van der Waals surface area (Å²) in [6, 6.07) is 0. The number of rotatable bonds is 15. The van der Waals surface area contributed by atoms with Crippen molar-refractivity contribution in [1.82, 2.24) is 26.2 Å². The molecule has 12 nitrogen and oxygen atoms in total. The van der Waals surface area contributed by atoms with Gasteiger partial charge >= 0.3 is 0 Å². The summed E-state index contributed by atoms with van der Waals surface area (Å²) in [5, 5.41) is 9.57. The summed E-state index contributed by atoms with van der Waals surface area (Å²) < 4.78 is 0. The van der Waals surface area contributed by atoms with Gasteiger partial charge in [0.05, 0.1) is 19.6 Å². The molecule has 1 saturated heterocycles. The van der Waals surface area contributed by atoms with Gasteiger partial charge in [0.15, 0.2) is 0 Å². The van der Waals surface area contributed by atoms with Crippen molar-refractivity contribution in [2.45, 2.75) is 52.9 Å². The van der Waals surface area contributed by atoms with Crippen molar-refractivity contribution < 1.29 is 33.6 Å². The van der Waals surface area contributed by atoms with Crippen LogP contribution in [0, 0.1) is 11.8 Å². The first-order chi connectivity index (χ1) is 16.0. The third-order valence-electron chi connectivity index (χ3n) is 5.29. The highest BCUT2D eigenvalue weighted by molar-refractivity contribution is 6.03. The highest BCUT2D eigenvalue weighted by atomic mass is 16.2. The summed E-state index contributed by atoms with van der Waals surface area (Å²) in [5.41, 5.74) is 0. The minimum absolute atomic E-state index is 0.0287. The average Bonchev–Trinajstić information content (AvgIpc) is 3.07. The second-order valence-electron chi connectivity index (χ2n) is 8.35. The maximum absolute atomic E-state index is 12.0. The second-order valence-corrected chi connectivity index (χ2v) is 8.35. The molecule has 1 rings (SSSR count). The van der Waals surface area contributed by atoms with E-state index in [0.29, 0.717) is 6.42 Å². The highest BCUT2D eigenvalue weighted by Crippen LogP contribution is 2.22. The fourth-order valence-corrected chi connectivity index (χ4v) is 3.13. The zero-order valence-electron chi connectivity index (χ0n) is 20.0. The smallest absolute Gasteiger partial charge is 0.239 e. The summed E-state index contributed by atoms with van der Waals surface area (Å²) in [4.78, 5) is 83.5. The summed E-state index contributed by atoms with van der Waals surface area (Å²) in [7, 11) is 0. The van der Waals surface area contributed by atoms with Crippen molar-refractivity contribution in [3.8, 4) is 0 Å². The number of imide groups is 1. The van der Waals surface area contributed by atoms with Crippen LogP contribution in [0.15, 0.2) is 0 Å². The van der Waals surface area contributed by atoms with Gasteiger partial charge in [0.25, 0.3) is 0 Å². The zero-order valence-corrected chi connectivity index (χ0v) is 20.0. The Kier molecular flexibility index (Phi) is 12.5. The third-order valence-corrected chi connectivity index (χ3v) is 5.29. The normalized spacial score (nSPS) is 15.3. The van der Waals surface area contributed by atoms with Gasteiger partial charge in [0.1, 0.15) is 5.78 Å².